The van der Waals surface area contributed by atoms with Crippen molar-refractivity contribution in [1.29, 1.82) is 5.26 Å². The van der Waals surface area contributed by atoms with Crippen molar-refractivity contribution in [2.75, 3.05) is 26.0 Å². The third-order valence-electron chi connectivity index (χ3n) is 2.23. The molecule has 0 aromatic rings. The fourth-order valence-corrected chi connectivity index (χ4v) is 1.62. The first kappa shape index (κ1) is 13.7. The zero-order valence-electron chi connectivity index (χ0n) is 9.30. The number of nitriles is 1. The third-order valence-corrected chi connectivity index (χ3v) is 2.50. The predicted octanol–water partition coefficient (Wildman–Crippen LogP) is 2.88. The van der Waals surface area contributed by atoms with Gasteiger partial charge in [-0.15, -0.1) is 11.6 Å². The van der Waals surface area contributed by atoms with Crippen LogP contribution >= 0.6 is 11.6 Å². The molecule has 0 bridgehead atoms. The monoisotopic (exact) mass is 216 g/mol. The number of nitrogens with zero attached hydrogens (tertiary/aromatic N) is 2. The molecule has 0 aromatic heterocycles. The summed E-state index contributed by atoms with van der Waals surface area (Å²) in [4.78, 5) is 2.23. The number of alkyl halides is 1. The molecule has 0 N–H and O–H groups in total. The number of unbranched alkanes of at least 4 members (excludes halogenated alkanes) is 3. The Bertz CT molecular complexity index is 165. The summed E-state index contributed by atoms with van der Waals surface area (Å²) in [5.74, 6) is 0.921. The quantitative estimate of drug-likeness (QED) is 0.461. The summed E-state index contributed by atoms with van der Waals surface area (Å²) >= 11 is 5.58. The molecule has 0 aliphatic rings. The van der Waals surface area contributed by atoms with Crippen LogP contribution in [0.5, 0.6) is 0 Å². The molecule has 0 spiro atoms. The second kappa shape index (κ2) is 9.30. The van der Waals surface area contributed by atoms with Gasteiger partial charge in [-0.05, 0) is 33.4 Å². The minimum Gasteiger partial charge on any atom is -0.305 e. The van der Waals surface area contributed by atoms with Crippen LogP contribution in [0.3, 0.4) is 0 Å². The van der Waals surface area contributed by atoms with Crippen molar-refractivity contribution in [3.63, 3.8) is 0 Å². The highest BCUT2D eigenvalue weighted by Crippen LogP contribution is 2.03. The molecule has 2 nitrogen and oxygen atoms in total. The number of hydrogen-bond acceptors (Lipinski definition) is 2. The van der Waals surface area contributed by atoms with Gasteiger partial charge in [-0.3, -0.25) is 0 Å². The van der Waals surface area contributed by atoms with Gasteiger partial charge in [-0.1, -0.05) is 12.8 Å². The number of rotatable bonds is 8. The van der Waals surface area contributed by atoms with E-state index >= 15 is 0 Å². The molecule has 0 saturated heterocycles. The first-order valence-electron chi connectivity index (χ1n) is 5.34. The Morgan fingerprint density at radius 2 is 1.93 bits per heavy atom. The molecule has 0 aromatic carbocycles. The molecule has 14 heavy (non-hydrogen) atoms. The maximum atomic E-state index is 8.63. The van der Waals surface area contributed by atoms with E-state index in [1.165, 1.54) is 19.3 Å². The highest BCUT2D eigenvalue weighted by Gasteiger charge is 2.03. The van der Waals surface area contributed by atoms with Crippen molar-refractivity contribution in [2.24, 2.45) is 5.92 Å². The normalized spacial score (nSPS) is 12.8. The van der Waals surface area contributed by atoms with Gasteiger partial charge in [0.1, 0.15) is 0 Å². The maximum absolute atomic E-state index is 8.63. The van der Waals surface area contributed by atoms with E-state index in [0.29, 0.717) is 0 Å². The summed E-state index contributed by atoms with van der Waals surface area (Å²) in [5.41, 5.74) is 0. The summed E-state index contributed by atoms with van der Waals surface area (Å²) in [6.45, 7) is 3.93. The molecule has 0 aliphatic carbocycles. The van der Waals surface area contributed by atoms with E-state index in [9.17, 15) is 0 Å². The molecule has 0 rings (SSSR count). The minimum atomic E-state index is 0.142. The van der Waals surface area contributed by atoms with Crippen molar-refractivity contribution >= 4 is 11.6 Å². The predicted molar refractivity (Wildman–Crippen MR) is 61.5 cm³/mol. The van der Waals surface area contributed by atoms with Gasteiger partial charge in [0.25, 0.3) is 0 Å². The Hall–Kier alpha value is -0.260. The first-order chi connectivity index (χ1) is 6.70. The van der Waals surface area contributed by atoms with Gasteiger partial charge in [-0.25, -0.2) is 0 Å². The summed E-state index contributed by atoms with van der Waals surface area (Å²) < 4.78 is 0. The number of halogens is 1. The van der Waals surface area contributed by atoms with E-state index < -0.39 is 0 Å². The summed E-state index contributed by atoms with van der Waals surface area (Å²) in [5, 5.41) is 8.63. The average Bonchev–Trinajstić information content (AvgIpc) is 2.17. The van der Waals surface area contributed by atoms with E-state index in [4.69, 9.17) is 16.9 Å². The molecule has 0 aliphatic heterocycles. The smallest absolute Gasteiger partial charge is 0.0666 e. The van der Waals surface area contributed by atoms with Crippen molar-refractivity contribution in [1.82, 2.24) is 4.90 Å². The fourth-order valence-electron chi connectivity index (χ4n) is 1.43. The molecule has 0 amide bonds. The Morgan fingerprint density at radius 3 is 2.50 bits per heavy atom. The Labute approximate surface area is 92.8 Å². The SMILES string of the molecule is CC(C#N)CN(C)CCCCCCCl. The summed E-state index contributed by atoms with van der Waals surface area (Å²) in [6.07, 6.45) is 4.81. The lowest BCUT2D eigenvalue weighted by Crippen LogP contribution is -2.24. The first-order valence-corrected chi connectivity index (χ1v) is 5.88. The zero-order valence-corrected chi connectivity index (χ0v) is 10.1. The van der Waals surface area contributed by atoms with E-state index in [1.54, 1.807) is 0 Å². The molecule has 0 fully saturated rings. The molecule has 1 unspecified atom stereocenters. The summed E-state index contributed by atoms with van der Waals surface area (Å²) in [7, 11) is 2.08. The zero-order chi connectivity index (χ0) is 10.8. The van der Waals surface area contributed by atoms with Gasteiger partial charge < -0.3 is 4.90 Å². The van der Waals surface area contributed by atoms with Crippen LogP contribution in [0.1, 0.15) is 32.6 Å². The van der Waals surface area contributed by atoms with Crippen molar-refractivity contribution in [3.05, 3.63) is 0 Å². The standard InChI is InChI=1S/C11H21ClN2/c1-11(9-13)10-14(2)8-6-4-3-5-7-12/h11H,3-8,10H2,1-2H3. The highest BCUT2D eigenvalue weighted by atomic mass is 35.5. The van der Waals surface area contributed by atoms with Gasteiger partial charge >= 0.3 is 0 Å². The second-order valence-corrected chi connectivity index (χ2v) is 4.27. The van der Waals surface area contributed by atoms with Gasteiger partial charge in [0, 0.05) is 12.4 Å². The van der Waals surface area contributed by atoms with Gasteiger partial charge in [0.05, 0.1) is 12.0 Å². The maximum Gasteiger partial charge on any atom is 0.0666 e. The van der Waals surface area contributed by atoms with Crippen molar-refractivity contribution < 1.29 is 0 Å². The second-order valence-electron chi connectivity index (χ2n) is 3.90. The summed E-state index contributed by atoms with van der Waals surface area (Å²) in [6, 6.07) is 2.25. The molecule has 0 saturated carbocycles. The average molecular weight is 217 g/mol. The Morgan fingerprint density at radius 1 is 1.29 bits per heavy atom. The van der Waals surface area contributed by atoms with E-state index in [0.717, 1.165) is 25.4 Å². The van der Waals surface area contributed by atoms with Gasteiger partial charge in [-0.2, -0.15) is 5.26 Å². The third kappa shape index (κ3) is 8.34. The van der Waals surface area contributed by atoms with Crippen LogP contribution in [-0.4, -0.2) is 30.9 Å². The Kier molecular flexibility index (Phi) is 9.13. The van der Waals surface area contributed by atoms with Crippen LogP contribution in [-0.2, 0) is 0 Å². The molecule has 1 atom stereocenters. The fraction of sp³-hybridized carbons (Fsp3) is 0.909. The molecule has 82 valence electrons. The van der Waals surface area contributed by atoms with Gasteiger partial charge in [0.2, 0.25) is 0 Å². The van der Waals surface area contributed by atoms with E-state index in [1.807, 2.05) is 6.92 Å². The largest absolute Gasteiger partial charge is 0.305 e. The van der Waals surface area contributed by atoms with Crippen LogP contribution < -0.4 is 0 Å². The van der Waals surface area contributed by atoms with Crippen LogP contribution in [0, 0.1) is 17.2 Å². The van der Waals surface area contributed by atoms with Crippen molar-refractivity contribution in [3.8, 4) is 6.07 Å². The lowest BCUT2D eigenvalue weighted by atomic mass is 10.1. The number of hydrogen-bond donors (Lipinski definition) is 0. The van der Waals surface area contributed by atoms with Crippen LogP contribution in [0.2, 0.25) is 0 Å². The molecular formula is C11H21ClN2. The highest BCUT2D eigenvalue weighted by molar-refractivity contribution is 6.17. The molecular weight excluding hydrogens is 196 g/mol. The Balaban J connectivity index is 3.27. The van der Waals surface area contributed by atoms with E-state index in [2.05, 4.69) is 18.0 Å². The lowest BCUT2D eigenvalue weighted by molar-refractivity contribution is 0.302. The van der Waals surface area contributed by atoms with Crippen molar-refractivity contribution in [2.45, 2.75) is 32.6 Å². The lowest BCUT2D eigenvalue weighted by Gasteiger charge is -2.17. The topological polar surface area (TPSA) is 27.0 Å². The van der Waals surface area contributed by atoms with Crippen LogP contribution in [0.15, 0.2) is 0 Å². The van der Waals surface area contributed by atoms with Gasteiger partial charge in [0.15, 0.2) is 0 Å². The molecule has 3 heteroatoms. The minimum absolute atomic E-state index is 0.142. The molecule has 0 radical (unpaired) electrons. The van der Waals surface area contributed by atoms with Crippen LogP contribution in [0.4, 0.5) is 0 Å². The molecule has 0 heterocycles. The van der Waals surface area contributed by atoms with Crippen LogP contribution in [0.25, 0.3) is 0 Å². The van der Waals surface area contributed by atoms with E-state index in [-0.39, 0.29) is 5.92 Å².